The fraction of sp³-hybridized carbons (Fsp3) is 0.310. The largest absolute Gasteiger partial charge is 0.485 e. The van der Waals surface area contributed by atoms with Gasteiger partial charge in [0.2, 0.25) is 0 Å². The Hall–Kier alpha value is -3.80. The summed E-state index contributed by atoms with van der Waals surface area (Å²) in [5.41, 5.74) is 7.06. The average Bonchev–Trinajstić information content (AvgIpc) is 3.39. The first-order valence-electron chi connectivity index (χ1n) is 11.9. The van der Waals surface area contributed by atoms with Crippen molar-refractivity contribution < 1.29 is 13.9 Å². The molecule has 6 nitrogen and oxygen atoms in total. The van der Waals surface area contributed by atoms with Crippen LogP contribution in [0.5, 0.6) is 5.75 Å². The second-order valence-corrected chi connectivity index (χ2v) is 9.33. The third-order valence-electron chi connectivity index (χ3n) is 6.25. The highest BCUT2D eigenvalue weighted by molar-refractivity contribution is 6.02. The minimum atomic E-state index is -0.309. The van der Waals surface area contributed by atoms with E-state index in [2.05, 4.69) is 55.5 Å². The lowest BCUT2D eigenvalue weighted by Crippen LogP contribution is -2.12. The molecule has 0 saturated carbocycles. The quantitative estimate of drug-likeness (QED) is 0.310. The summed E-state index contributed by atoms with van der Waals surface area (Å²) in [5.74, 6) is 1.71. The van der Waals surface area contributed by atoms with Crippen LogP contribution in [0.4, 0.5) is 5.69 Å². The van der Waals surface area contributed by atoms with Crippen LogP contribution in [0, 0.1) is 27.7 Å². The molecule has 6 heteroatoms. The van der Waals surface area contributed by atoms with Crippen LogP contribution in [0.2, 0.25) is 0 Å². The number of aryl methyl sites for hydroxylation is 3. The van der Waals surface area contributed by atoms with E-state index >= 15 is 0 Å². The smallest absolute Gasteiger partial charge is 0.291 e. The number of furan rings is 1. The van der Waals surface area contributed by atoms with E-state index in [4.69, 9.17) is 9.15 Å². The number of ether oxygens (including phenoxy) is 1. The normalized spacial score (nSPS) is 11.2. The van der Waals surface area contributed by atoms with E-state index < -0.39 is 0 Å². The molecule has 0 saturated heterocycles. The van der Waals surface area contributed by atoms with Crippen LogP contribution < -0.4 is 10.1 Å². The third-order valence-corrected chi connectivity index (χ3v) is 6.25. The molecule has 0 atom stereocenters. The number of benzene rings is 2. The van der Waals surface area contributed by atoms with Gasteiger partial charge in [0.05, 0.1) is 23.6 Å². The lowest BCUT2D eigenvalue weighted by Gasteiger charge is -2.14. The molecule has 2 aromatic carbocycles. The summed E-state index contributed by atoms with van der Waals surface area (Å²) >= 11 is 0. The molecule has 4 rings (SSSR count). The van der Waals surface area contributed by atoms with Gasteiger partial charge in [-0.15, -0.1) is 0 Å². The van der Waals surface area contributed by atoms with Gasteiger partial charge in [0.25, 0.3) is 5.91 Å². The Morgan fingerprint density at radius 2 is 1.83 bits per heavy atom. The number of amides is 1. The fourth-order valence-electron chi connectivity index (χ4n) is 4.13. The molecule has 0 bridgehead atoms. The van der Waals surface area contributed by atoms with Crippen LogP contribution in [0.3, 0.4) is 0 Å². The van der Waals surface area contributed by atoms with Crippen LogP contribution >= 0.6 is 0 Å². The summed E-state index contributed by atoms with van der Waals surface area (Å²) in [6, 6.07) is 17.9. The minimum absolute atomic E-state index is 0.238. The van der Waals surface area contributed by atoms with Crippen molar-refractivity contribution in [3.05, 3.63) is 99.8 Å². The van der Waals surface area contributed by atoms with Gasteiger partial charge in [-0.3, -0.25) is 9.48 Å². The Bertz CT molecular complexity index is 1350. The van der Waals surface area contributed by atoms with E-state index in [1.807, 2.05) is 43.7 Å². The summed E-state index contributed by atoms with van der Waals surface area (Å²) < 4.78 is 13.8. The number of nitrogens with zero attached hydrogens (tertiary/aromatic N) is 2. The average molecular weight is 472 g/mol. The molecule has 0 spiro atoms. The predicted octanol–water partition coefficient (Wildman–Crippen LogP) is 6.71. The molecule has 0 unspecified atom stereocenters. The van der Waals surface area contributed by atoms with Crippen molar-refractivity contribution in [1.82, 2.24) is 9.78 Å². The maximum atomic E-state index is 12.9. The number of hydrogen-bond donors (Lipinski definition) is 1. The summed E-state index contributed by atoms with van der Waals surface area (Å²) in [4.78, 5) is 12.9. The monoisotopic (exact) mass is 471 g/mol. The van der Waals surface area contributed by atoms with Crippen molar-refractivity contribution in [2.75, 3.05) is 5.32 Å². The summed E-state index contributed by atoms with van der Waals surface area (Å²) in [7, 11) is 0. The van der Waals surface area contributed by atoms with Gasteiger partial charge in [-0.05, 0) is 74.1 Å². The van der Waals surface area contributed by atoms with Gasteiger partial charge in [-0.2, -0.15) is 5.10 Å². The molecule has 182 valence electrons. The van der Waals surface area contributed by atoms with Crippen molar-refractivity contribution in [2.45, 2.75) is 60.6 Å². The van der Waals surface area contributed by atoms with Crippen molar-refractivity contribution in [2.24, 2.45) is 0 Å². The van der Waals surface area contributed by atoms with Gasteiger partial charge >= 0.3 is 0 Å². The molecule has 0 aliphatic carbocycles. The van der Waals surface area contributed by atoms with Crippen LogP contribution in [-0.2, 0) is 13.2 Å². The van der Waals surface area contributed by atoms with E-state index in [-0.39, 0.29) is 18.3 Å². The van der Waals surface area contributed by atoms with E-state index in [9.17, 15) is 4.79 Å². The standard InChI is InChI=1S/C29H33N3O3/c1-18(2)25-13-11-19(3)15-27(25)34-17-24-12-14-26(35-24)29(33)30-28-21(5)31-32(22(28)6)16-23-10-8-7-9-20(23)4/h7-15,18H,16-17H2,1-6H3,(H,30,33). The molecule has 35 heavy (non-hydrogen) atoms. The Balaban J connectivity index is 1.44. The molecule has 4 aromatic rings. The molecular formula is C29H33N3O3. The molecule has 1 N–H and O–H groups in total. The maximum Gasteiger partial charge on any atom is 0.291 e. The van der Waals surface area contributed by atoms with Crippen molar-refractivity contribution >= 4 is 11.6 Å². The van der Waals surface area contributed by atoms with Gasteiger partial charge in [-0.1, -0.05) is 50.2 Å². The lowest BCUT2D eigenvalue weighted by atomic mass is 10.0. The number of anilines is 1. The lowest BCUT2D eigenvalue weighted by molar-refractivity contribution is 0.0992. The summed E-state index contributed by atoms with van der Waals surface area (Å²) in [5, 5.41) is 7.62. The van der Waals surface area contributed by atoms with E-state index in [0.29, 0.717) is 23.9 Å². The number of carbonyl (C=O) groups excluding carboxylic acids is 1. The molecule has 0 radical (unpaired) electrons. The minimum Gasteiger partial charge on any atom is -0.485 e. The van der Waals surface area contributed by atoms with E-state index in [1.54, 1.807) is 12.1 Å². The van der Waals surface area contributed by atoms with Crippen molar-refractivity contribution in [3.63, 3.8) is 0 Å². The highest BCUT2D eigenvalue weighted by Crippen LogP contribution is 2.28. The van der Waals surface area contributed by atoms with E-state index in [0.717, 1.165) is 28.3 Å². The van der Waals surface area contributed by atoms with Crippen molar-refractivity contribution in [3.8, 4) is 5.75 Å². The molecule has 0 aliphatic heterocycles. The van der Waals surface area contributed by atoms with Gasteiger partial charge < -0.3 is 14.5 Å². The predicted molar refractivity (Wildman–Crippen MR) is 138 cm³/mol. The first-order chi connectivity index (χ1) is 16.7. The maximum absolute atomic E-state index is 12.9. The first-order valence-corrected chi connectivity index (χ1v) is 11.9. The molecule has 0 fully saturated rings. The van der Waals surface area contributed by atoms with Crippen LogP contribution in [0.25, 0.3) is 0 Å². The Kier molecular flexibility index (Phi) is 7.10. The Morgan fingerprint density at radius 1 is 1.06 bits per heavy atom. The van der Waals surface area contributed by atoms with Gasteiger partial charge in [-0.25, -0.2) is 0 Å². The molecule has 0 aliphatic rings. The number of nitrogens with one attached hydrogen (secondary N) is 1. The highest BCUT2D eigenvalue weighted by atomic mass is 16.5. The number of hydrogen-bond acceptors (Lipinski definition) is 4. The van der Waals surface area contributed by atoms with Crippen LogP contribution in [0.1, 0.15) is 69.7 Å². The Labute approximate surface area is 206 Å². The topological polar surface area (TPSA) is 69.3 Å². The van der Waals surface area contributed by atoms with Gasteiger partial charge in [0.1, 0.15) is 18.1 Å². The SMILES string of the molecule is Cc1ccc(C(C)C)c(OCc2ccc(C(=O)Nc3c(C)nn(Cc4ccccc4C)c3C)o2)c1. The number of rotatable bonds is 8. The van der Waals surface area contributed by atoms with Crippen LogP contribution in [-0.4, -0.2) is 15.7 Å². The van der Waals surface area contributed by atoms with E-state index in [1.165, 1.54) is 11.1 Å². The second kappa shape index (κ2) is 10.2. The molecular weight excluding hydrogens is 438 g/mol. The Morgan fingerprint density at radius 3 is 2.57 bits per heavy atom. The van der Waals surface area contributed by atoms with Gasteiger partial charge in [0.15, 0.2) is 5.76 Å². The zero-order chi connectivity index (χ0) is 25.1. The van der Waals surface area contributed by atoms with Crippen LogP contribution in [0.15, 0.2) is 59.0 Å². The molecule has 2 heterocycles. The highest BCUT2D eigenvalue weighted by Gasteiger charge is 2.18. The zero-order valence-electron chi connectivity index (χ0n) is 21.3. The van der Waals surface area contributed by atoms with Crippen molar-refractivity contribution in [1.29, 1.82) is 0 Å². The third kappa shape index (κ3) is 5.48. The second-order valence-electron chi connectivity index (χ2n) is 9.33. The summed E-state index contributed by atoms with van der Waals surface area (Å²) in [6.45, 7) is 13.2. The number of aromatic nitrogens is 2. The summed E-state index contributed by atoms with van der Waals surface area (Å²) in [6.07, 6.45) is 0. The van der Waals surface area contributed by atoms with Gasteiger partial charge in [0, 0.05) is 0 Å². The fourth-order valence-corrected chi connectivity index (χ4v) is 4.13. The molecule has 2 aromatic heterocycles. The molecule has 1 amide bonds. The first kappa shape index (κ1) is 24.3. The number of carbonyl (C=O) groups is 1. The zero-order valence-corrected chi connectivity index (χ0v) is 21.3.